The van der Waals surface area contributed by atoms with Gasteiger partial charge in [0.15, 0.2) is 5.84 Å². The fourth-order valence-corrected chi connectivity index (χ4v) is 4.92. The van der Waals surface area contributed by atoms with Gasteiger partial charge in [0.2, 0.25) is 0 Å². The van der Waals surface area contributed by atoms with Crippen LogP contribution in [-0.4, -0.2) is 43.9 Å². The van der Waals surface area contributed by atoms with Crippen LogP contribution < -0.4 is 5.32 Å². The predicted molar refractivity (Wildman–Crippen MR) is 108 cm³/mol. The molecule has 0 aliphatic carbocycles. The molecule has 0 unspecified atom stereocenters. The van der Waals surface area contributed by atoms with Gasteiger partial charge in [-0.15, -0.1) is 4.40 Å². The Morgan fingerprint density at radius 2 is 1.96 bits per heavy atom. The van der Waals surface area contributed by atoms with Gasteiger partial charge in [0.05, 0.1) is 11.3 Å². The molecule has 0 radical (unpaired) electrons. The monoisotopic (exact) mass is 427 g/mol. The van der Waals surface area contributed by atoms with Crippen molar-refractivity contribution in [2.24, 2.45) is 4.40 Å². The van der Waals surface area contributed by atoms with Crippen LogP contribution in [0.5, 0.6) is 0 Å². The van der Waals surface area contributed by atoms with Crippen molar-refractivity contribution < 1.29 is 13.2 Å². The molecule has 1 aromatic rings. The van der Waals surface area contributed by atoms with Crippen molar-refractivity contribution in [2.45, 2.75) is 19.3 Å². The SMILES string of the molecule is CC(C)(CNC(=O)C1=CC=CN2CCS(=O)(=O)N=C12)c1c(Cl)cccc1Cl. The second-order valence-electron chi connectivity index (χ2n) is 6.98. The van der Waals surface area contributed by atoms with E-state index in [0.29, 0.717) is 10.0 Å². The number of hydrogen-bond acceptors (Lipinski definition) is 4. The third-order valence-electron chi connectivity index (χ3n) is 4.43. The molecular formula is C18H19Cl2N3O3S. The standard InChI is InChI=1S/C18H19Cl2N3O3S/c1-18(2,15-13(19)6-3-7-14(15)20)11-21-17(24)12-5-4-8-23-9-10-27(25,26)22-16(12)23/h3-8H,9-11H2,1-2H3,(H,21,24). The fraction of sp³-hybridized carbons (Fsp3) is 0.333. The largest absolute Gasteiger partial charge is 0.351 e. The van der Waals surface area contributed by atoms with Crippen molar-refractivity contribution in [1.29, 1.82) is 0 Å². The van der Waals surface area contributed by atoms with Gasteiger partial charge in [0, 0.05) is 34.7 Å². The third kappa shape index (κ3) is 4.20. The summed E-state index contributed by atoms with van der Waals surface area (Å²) < 4.78 is 27.4. The molecule has 2 aliphatic rings. The minimum atomic E-state index is -3.56. The van der Waals surface area contributed by atoms with Crippen LogP contribution in [0.3, 0.4) is 0 Å². The highest BCUT2D eigenvalue weighted by atomic mass is 35.5. The average molecular weight is 428 g/mol. The molecule has 27 heavy (non-hydrogen) atoms. The first-order valence-corrected chi connectivity index (χ1v) is 10.7. The van der Waals surface area contributed by atoms with E-state index in [4.69, 9.17) is 23.2 Å². The van der Waals surface area contributed by atoms with Crippen molar-refractivity contribution in [3.63, 3.8) is 0 Å². The Morgan fingerprint density at radius 1 is 1.30 bits per heavy atom. The van der Waals surface area contributed by atoms with Crippen molar-refractivity contribution in [1.82, 2.24) is 10.2 Å². The number of carbonyl (C=O) groups excluding carboxylic acids is 1. The van der Waals surface area contributed by atoms with Crippen molar-refractivity contribution in [3.05, 3.63) is 57.7 Å². The van der Waals surface area contributed by atoms with E-state index in [0.717, 1.165) is 5.56 Å². The number of nitrogens with zero attached hydrogens (tertiary/aromatic N) is 2. The van der Waals surface area contributed by atoms with Gasteiger partial charge in [-0.3, -0.25) is 4.79 Å². The molecule has 1 N–H and O–H groups in total. The lowest BCUT2D eigenvalue weighted by atomic mass is 9.84. The number of fused-ring (bicyclic) bond motifs is 1. The van der Waals surface area contributed by atoms with Gasteiger partial charge in [0.25, 0.3) is 15.9 Å². The van der Waals surface area contributed by atoms with Crippen LogP contribution in [0.4, 0.5) is 0 Å². The maximum Gasteiger partial charge on any atom is 0.256 e. The first-order valence-electron chi connectivity index (χ1n) is 8.31. The number of halogens is 2. The van der Waals surface area contributed by atoms with Gasteiger partial charge in [-0.25, -0.2) is 8.42 Å². The predicted octanol–water partition coefficient (Wildman–Crippen LogP) is 2.88. The van der Waals surface area contributed by atoms with E-state index in [2.05, 4.69) is 9.71 Å². The Kier molecular flexibility index (Phi) is 5.38. The summed E-state index contributed by atoms with van der Waals surface area (Å²) >= 11 is 12.6. The maximum absolute atomic E-state index is 12.7. The zero-order valence-electron chi connectivity index (χ0n) is 14.9. The second-order valence-corrected chi connectivity index (χ2v) is 9.55. The van der Waals surface area contributed by atoms with Crippen LogP contribution in [0.15, 0.2) is 46.5 Å². The summed E-state index contributed by atoms with van der Waals surface area (Å²) in [4.78, 5) is 14.4. The van der Waals surface area contributed by atoms with Gasteiger partial charge in [-0.2, -0.15) is 0 Å². The van der Waals surface area contributed by atoms with Gasteiger partial charge in [-0.05, 0) is 29.8 Å². The highest BCUT2D eigenvalue weighted by Crippen LogP contribution is 2.35. The van der Waals surface area contributed by atoms with E-state index < -0.39 is 21.3 Å². The maximum atomic E-state index is 12.7. The Bertz CT molecular complexity index is 961. The van der Waals surface area contributed by atoms with Crippen molar-refractivity contribution >= 4 is 45.0 Å². The van der Waals surface area contributed by atoms with Gasteiger partial charge >= 0.3 is 0 Å². The van der Waals surface area contributed by atoms with E-state index in [-0.39, 0.29) is 30.3 Å². The molecule has 2 heterocycles. The molecule has 1 aromatic carbocycles. The summed E-state index contributed by atoms with van der Waals surface area (Å²) in [6.45, 7) is 4.37. The minimum absolute atomic E-state index is 0.0756. The molecule has 1 amide bonds. The highest BCUT2D eigenvalue weighted by molar-refractivity contribution is 7.90. The highest BCUT2D eigenvalue weighted by Gasteiger charge is 2.32. The summed E-state index contributed by atoms with van der Waals surface area (Å²) in [6.07, 6.45) is 4.96. The first-order chi connectivity index (χ1) is 12.6. The first kappa shape index (κ1) is 19.9. The minimum Gasteiger partial charge on any atom is -0.351 e. The number of sulfonamides is 1. The zero-order chi connectivity index (χ0) is 19.8. The van der Waals surface area contributed by atoms with Crippen LogP contribution in [-0.2, 0) is 20.2 Å². The molecule has 0 atom stereocenters. The van der Waals surface area contributed by atoms with Gasteiger partial charge in [-0.1, -0.05) is 43.1 Å². The molecule has 0 spiro atoms. The quantitative estimate of drug-likeness (QED) is 0.800. The van der Waals surface area contributed by atoms with Crippen LogP contribution in [0, 0.1) is 0 Å². The Labute approximate surface area is 168 Å². The van der Waals surface area contributed by atoms with Crippen LogP contribution in [0.25, 0.3) is 0 Å². The van der Waals surface area contributed by atoms with Crippen molar-refractivity contribution in [3.8, 4) is 0 Å². The lowest BCUT2D eigenvalue weighted by molar-refractivity contribution is -0.117. The number of hydrogen-bond donors (Lipinski definition) is 1. The normalized spacial score (nSPS) is 18.4. The molecule has 0 saturated heterocycles. The van der Waals surface area contributed by atoms with Crippen LogP contribution in [0.2, 0.25) is 10.0 Å². The molecule has 3 rings (SSSR count). The summed E-state index contributed by atoms with van der Waals surface area (Å²) in [5.74, 6) is -0.334. The van der Waals surface area contributed by atoms with E-state index >= 15 is 0 Å². The summed E-state index contributed by atoms with van der Waals surface area (Å²) in [7, 11) is -3.56. The number of nitrogens with one attached hydrogen (secondary N) is 1. The number of benzene rings is 1. The second kappa shape index (κ2) is 7.30. The van der Waals surface area contributed by atoms with E-state index in [1.807, 2.05) is 13.8 Å². The smallest absolute Gasteiger partial charge is 0.256 e. The number of carbonyl (C=O) groups is 1. The zero-order valence-corrected chi connectivity index (χ0v) is 17.2. The molecule has 0 aromatic heterocycles. The summed E-state index contributed by atoms with van der Waals surface area (Å²) in [5.41, 5.74) is 0.420. The van der Waals surface area contributed by atoms with Crippen molar-refractivity contribution in [2.75, 3.05) is 18.8 Å². The van der Waals surface area contributed by atoms with Gasteiger partial charge in [0.1, 0.15) is 0 Å². The lowest BCUT2D eigenvalue weighted by Crippen LogP contribution is -2.44. The van der Waals surface area contributed by atoms with E-state index in [1.54, 1.807) is 41.5 Å². The third-order valence-corrected chi connectivity index (χ3v) is 6.21. The summed E-state index contributed by atoms with van der Waals surface area (Å²) in [5, 5.41) is 3.89. The molecule has 0 bridgehead atoms. The Hall–Kier alpha value is -1.83. The Balaban J connectivity index is 1.80. The van der Waals surface area contributed by atoms with Crippen LogP contribution >= 0.6 is 23.2 Å². The molecule has 6 nitrogen and oxygen atoms in total. The van der Waals surface area contributed by atoms with E-state index in [9.17, 15) is 13.2 Å². The Morgan fingerprint density at radius 3 is 2.63 bits per heavy atom. The summed E-state index contributed by atoms with van der Waals surface area (Å²) in [6, 6.07) is 5.26. The molecule has 0 fully saturated rings. The number of allylic oxidation sites excluding steroid dienone is 2. The number of amides is 1. The molecule has 0 saturated carbocycles. The lowest BCUT2D eigenvalue weighted by Gasteiger charge is -2.30. The topological polar surface area (TPSA) is 78.8 Å². The van der Waals surface area contributed by atoms with E-state index in [1.165, 1.54) is 0 Å². The molecule has 144 valence electrons. The molecule has 2 aliphatic heterocycles. The fourth-order valence-electron chi connectivity index (χ4n) is 3.02. The number of rotatable bonds is 4. The molecule has 9 heteroatoms. The van der Waals surface area contributed by atoms with Crippen LogP contribution in [0.1, 0.15) is 19.4 Å². The average Bonchev–Trinajstić information content (AvgIpc) is 2.58. The van der Waals surface area contributed by atoms with Gasteiger partial charge < -0.3 is 10.2 Å². The molecular weight excluding hydrogens is 409 g/mol. The number of amidine groups is 1.